The van der Waals surface area contributed by atoms with Crippen molar-refractivity contribution < 1.29 is 29.7 Å². The van der Waals surface area contributed by atoms with Gasteiger partial charge in [-0.25, -0.2) is 14.4 Å². The van der Waals surface area contributed by atoms with Crippen LogP contribution in [0.2, 0.25) is 0 Å². The van der Waals surface area contributed by atoms with Gasteiger partial charge < -0.3 is 15.3 Å². The van der Waals surface area contributed by atoms with Crippen molar-refractivity contribution in [2.24, 2.45) is 0 Å². The molecular formula is C6H5NO6S. The molecule has 0 aliphatic carbocycles. The number of amides is 1. The van der Waals surface area contributed by atoms with Crippen LogP contribution in [0.1, 0.15) is 0 Å². The van der Waals surface area contributed by atoms with E-state index in [9.17, 15) is 14.4 Å². The van der Waals surface area contributed by atoms with Crippen molar-refractivity contribution in [1.29, 1.82) is 0 Å². The molecule has 7 nitrogen and oxygen atoms in total. The average Bonchev–Trinajstić information content (AvgIpc) is 2.47. The van der Waals surface area contributed by atoms with Crippen LogP contribution >= 0.6 is 11.8 Å². The largest absolute Gasteiger partial charge is 0.479 e. The summed E-state index contributed by atoms with van der Waals surface area (Å²) in [5, 5.41) is 24.2. The Kier molecular flexibility index (Phi) is 2.65. The summed E-state index contributed by atoms with van der Waals surface area (Å²) in [6.45, 7) is 0. The van der Waals surface area contributed by atoms with Crippen molar-refractivity contribution >= 4 is 29.8 Å². The molecule has 0 saturated carbocycles. The third kappa shape index (κ3) is 1.79. The van der Waals surface area contributed by atoms with Gasteiger partial charge >= 0.3 is 18.0 Å². The molecule has 0 aromatic rings. The van der Waals surface area contributed by atoms with E-state index in [4.69, 9.17) is 15.3 Å². The topological polar surface area (TPSA) is 115 Å². The van der Waals surface area contributed by atoms with Gasteiger partial charge in [-0.2, -0.15) is 0 Å². The maximum absolute atomic E-state index is 10.5. The van der Waals surface area contributed by atoms with Gasteiger partial charge in [-0.15, -0.1) is 0 Å². The van der Waals surface area contributed by atoms with Crippen LogP contribution in [-0.2, 0) is 9.59 Å². The number of carboxylic acids is 2. The SMILES string of the molecule is O=C(O)C1=CN(C(=O)O)C(C(=O)O)S1. The van der Waals surface area contributed by atoms with Gasteiger partial charge in [0.05, 0.1) is 0 Å². The normalized spacial score (nSPS) is 20.4. The Morgan fingerprint density at radius 2 is 1.86 bits per heavy atom. The van der Waals surface area contributed by atoms with E-state index in [1.54, 1.807) is 0 Å². The summed E-state index contributed by atoms with van der Waals surface area (Å²) in [5.74, 6) is -2.74. The molecule has 8 heteroatoms. The van der Waals surface area contributed by atoms with Crippen molar-refractivity contribution in [3.05, 3.63) is 11.1 Å². The maximum Gasteiger partial charge on any atom is 0.412 e. The number of thioether (sulfide) groups is 1. The van der Waals surface area contributed by atoms with Crippen molar-refractivity contribution in [3.63, 3.8) is 0 Å². The minimum absolute atomic E-state index is 0.306. The highest BCUT2D eigenvalue weighted by atomic mass is 32.2. The molecule has 1 atom stereocenters. The van der Waals surface area contributed by atoms with Gasteiger partial charge in [0.25, 0.3) is 0 Å². The second-order valence-electron chi connectivity index (χ2n) is 2.30. The van der Waals surface area contributed by atoms with Gasteiger partial charge in [0, 0.05) is 6.20 Å². The van der Waals surface area contributed by atoms with Crippen LogP contribution < -0.4 is 0 Å². The summed E-state index contributed by atoms with van der Waals surface area (Å²) >= 11 is 0.470. The van der Waals surface area contributed by atoms with Crippen molar-refractivity contribution in [3.8, 4) is 0 Å². The van der Waals surface area contributed by atoms with Crippen molar-refractivity contribution in [2.45, 2.75) is 5.37 Å². The fraction of sp³-hybridized carbons (Fsp3) is 0.167. The lowest BCUT2D eigenvalue weighted by Gasteiger charge is -2.14. The lowest BCUT2D eigenvalue weighted by atomic mass is 10.5. The molecule has 0 saturated heterocycles. The number of nitrogens with zero attached hydrogens (tertiary/aromatic N) is 1. The van der Waals surface area contributed by atoms with E-state index in [-0.39, 0.29) is 4.91 Å². The van der Waals surface area contributed by atoms with Crippen LogP contribution in [0.4, 0.5) is 4.79 Å². The lowest BCUT2D eigenvalue weighted by Crippen LogP contribution is -2.35. The fourth-order valence-corrected chi connectivity index (χ4v) is 1.71. The second kappa shape index (κ2) is 3.58. The Hall–Kier alpha value is -1.70. The Balaban J connectivity index is 2.93. The summed E-state index contributed by atoms with van der Waals surface area (Å²) in [4.78, 5) is 31.6. The lowest BCUT2D eigenvalue weighted by molar-refractivity contribution is -0.138. The van der Waals surface area contributed by atoms with Crippen molar-refractivity contribution in [2.75, 3.05) is 0 Å². The molecule has 1 rings (SSSR count). The summed E-state index contributed by atoms with van der Waals surface area (Å²) in [5.41, 5.74) is 0. The zero-order chi connectivity index (χ0) is 10.9. The van der Waals surface area contributed by atoms with Crippen molar-refractivity contribution in [1.82, 2.24) is 4.90 Å². The molecule has 76 valence electrons. The van der Waals surface area contributed by atoms with E-state index in [1.807, 2.05) is 0 Å². The van der Waals surface area contributed by atoms with Gasteiger partial charge in [-0.3, -0.25) is 4.90 Å². The van der Waals surface area contributed by atoms with Crippen LogP contribution in [0.25, 0.3) is 0 Å². The maximum atomic E-state index is 10.5. The smallest absolute Gasteiger partial charge is 0.412 e. The van der Waals surface area contributed by atoms with Gasteiger partial charge in [-0.05, 0) is 0 Å². The molecule has 14 heavy (non-hydrogen) atoms. The summed E-state index contributed by atoms with van der Waals surface area (Å²) in [6, 6.07) is 0. The molecule has 0 spiro atoms. The molecule has 1 unspecified atom stereocenters. The molecule has 1 amide bonds. The molecular weight excluding hydrogens is 214 g/mol. The second-order valence-corrected chi connectivity index (χ2v) is 3.42. The van der Waals surface area contributed by atoms with Crippen LogP contribution in [0.15, 0.2) is 11.1 Å². The average molecular weight is 219 g/mol. The first kappa shape index (κ1) is 10.4. The van der Waals surface area contributed by atoms with E-state index in [0.29, 0.717) is 16.7 Å². The third-order valence-corrected chi connectivity index (χ3v) is 2.58. The van der Waals surface area contributed by atoms with E-state index >= 15 is 0 Å². The van der Waals surface area contributed by atoms with Crippen LogP contribution in [-0.4, -0.2) is 43.6 Å². The first-order valence-electron chi connectivity index (χ1n) is 3.29. The molecule has 0 radical (unpaired) electrons. The predicted octanol–water partition coefficient (Wildman–Crippen LogP) is 0.0499. The van der Waals surface area contributed by atoms with Crippen LogP contribution in [0.3, 0.4) is 0 Å². The number of carbonyl (C=O) groups is 3. The minimum Gasteiger partial charge on any atom is -0.479 e. The number of hydrogen-bond donors (Lipinski definition) is 3. The molecule has 0 aromatic heterocycles. The monoisotopic (exact) mass is 219 g/mol. The van der Waals surface area contributed by atoms with Crippen LogP contribution in [0, 0.1) is 0 Å². The number of hydrogen-bond acceptors (Lipinski definition) is 4. The Morgan fingerprint density at radius 1 is 1.29 bits per heavy atom. The standard InChI is InChI=1S/C6H5NO6S/c8-4(9)2-1-7(6(12)13)3(14-2)5(10)11/h1,3H,(H,8,9)(H,10,11)(H,12,13). The van der Waals surface area contributed by atoms with Gasteiger partial charge in [0.15, 0.2) is 5.37 Å². The highest BCUT2D eigenvalue weighted by Gasteiger charge is 2.37. The van der Waals surface area contributed by atoms with Gasteiger partial charge in [-0.1, -0.05) is 11.8 Å². The van der Waals surface area contributed by atoms with E-state index in [2.05, 4.69) is 0 Å². The Bertz CT molecular complexity index is 337. The molecule has 1 aliphatic rings. The Morgan fingerprint density at radius 3 is 2.14 bits per heavy atom. The molecule has 0 bridgehead atoms. The van der Waals surface area contributed by atoms with Gasteiger partial charge in [0.1, 0.15) is 4.91 Å². The molecule has 3 N–H and O–H groups in total. The summed E-state index contributed by atoms with van der Waals surface area (Å²) in [6.07, 6.45) is -0.713. The number of rotatable bonds is 2. The number of carboxylic acid groups (broad SMARTS) is 3. The molecule has 0 aromatic carbocycles. The first-order chi connectivity index (χ1) is 6.43. The third-order valence-electron chi connectivity index (χ3n) is 1.39. The zero-order valence-electron chi connectivity index (χ0n) is 6.58. The molecule has 1 aliphatic heterocycles. The Labute approximate surface area is 81.6 Å². The van der Waals surface area contributed by atoms with E-state index < -0.39 is 23.4 Å². The highest BCUT2D eigenvalue weighted by Crippen LogP contribution is 2.32. The van der Waals surface area contributed by atoms with E-state index in [1.165, 1.54) is 0 Å². The molecule has 0 fully saturated rings. The molecule has 1 heterocycles. The fourth-order valence-electron chi connectivity index (χ4n) is 0.832. The van der Waals surface area contributed by atoms with E-state index in [0.717, 1.165) is 6.20 Å². The quantitative estimate of drug-likeness (QED) is 0.600. The number of aliphatic carboxylic acids is 2. The van der Waals surface area contributed by atoms with Crippen LogP contribution in [0.5, 0.6) is 0 Å². The predicted molar refractivity (Wildman–Crippen MR) is 44.6 cm³/mol. The zero-order valence-corrected chi connectivity index (χ0v) is 7.39. The minimum atomic E-state index is -1.50. The summed E-state index contributed by atoms with van der Waals surface area (Å²) < 4.78 is 0. The van der Waals surface area contributed by atoms with Gasteiger partial charge in [0.2, 0.25) is 0 Å². The highest BCUT2D eigenvalue weighted by molar-refractivity contribution is 8.05. The first-order valence-corrected chi connectivity index (χ1v) is 4.17. The summed E-state index contributed by atoms with van der Waals surface area (Å²) in [7, 11) is 0.